The third-order valence-corrected chi connectivity index (χ3v) is 8.77. The van der Waals surface area contributed by atoms with Crippen molar-refractivity contribution in [3.63, 3.8) is 0 Å². The molecule has 0 aromatic rings. The third kappa shape index (κ3) is 12.3. The second-order valence-corrected chi connectivity index (χ2v) is 9.55. The lowest BCUT2D eigenvalue weighted by atomic mass is 10.4. The van der Waals surface area contributed by atoms with E-state index >= 15 is 0 Å². The molecular formula is C14H35Cl3P+. The standard InChI is InChI=1S/C14H32P.3ClH/c1-5-9-12-15(8-4,13-10-6-2)14-11-7-3;;;/h5-14H2,1-4H3;3*1H/q+1;;;. The van der Waals surface area contributed by atoms with Gasteiger partial charge < -0.3 is 0 Å². The van der Waals surface area contributed by atoms with Crippen LogP contribution in [0, 0.1) is 0 Å². The van der Waals surface area contributed by atoms with E-state index in [4.69, 9.17) is 0 Å². The molecule has 0 radical (unpaired) electrons. The molecule has 0 spiro atoms. The molecule has 0 rings (SSSR count). The molecule has 0 aliphatic heterocycles. The lowest BCUT2D eigenvalue weighted by Crippen LogP contribution is -2.11. The molecular weight excluding hydrogens is 305 g/mol. The van der Waals surface area contributed by atoms with Crippen LogP contribution in [-0.2, 0) is 0 Å². The SMILES string of the molecule is CCCC[P+](CC)(CCCC)CCCC.Cl.Cl.Cl. The van der Waals surface area contributed by atoms with Crippen LogP contribution >= 0.6 is 44.5 Å². The van der Waals surface area contributed by atoms with Gasteiger partial charge in [0.15, 0.2) is 0 Å². The van der Waals surface area contributed by atoms with E-state index in [1.807, 2.05) is 0 Å². The number of rotatable bonds is 10. The Labute approximate surface area is 135 Å². The van der Waals surface area contributed by atoms with Gasteiger partial charge in [0.05, 0.1) is 24.6 Å². The average molecular weight is 341 g/mol. The highest BCUT2D eigenvalue weighted by molar-refractivity contribution is 7.75. The van der Waals surface area contributed by atoms with E-state index < -0.39 is 7.26 Å². The van der Waals surface area contributed by atoms with Gasteiger partial charge in [-0.15, -0.1) is 37.2 Å². The summed E-state index contributed by atoms with van der Waals surface area (Å²) >= 11 is 0. The minimum Gasteiger partial charge on any atom is -0.147 e. The van der Waals surface area contributed by atoms with E-state index in [0.717, 1.165) is 0 Å². The molecule has 0 fully saturated rings. The molecule has 0 atom stereocenters. The Bertz CT molecular complexity index is 121. The van der Waals surface area contributed by atoms with Crippen LogP contribution in [0.1, 0.15) is 66.2 Å². The van der Waals surface area contributed by atoms with E-state index in [1.54, 1.807) is 18.5 Å². The third-order valence-electron chi connectivity index (χ3n) is 3.63. The Hall–Kier alpha value is 1.30. The quantitative estimate of drug-likeness (QED) is 0.389. The summed E-state index contributed by atoms with van der Waals surface area (Å²) in [5.74, 6) is 0. The summed E-state index contributed by atoms with van der Waals surface area (Å²) in [5.41, 5.74) is 0. The molecule has 4 heteroatoms. The van der Waals surface area contributed by atoms with Gasteiger partial charge in [-0.2, -0.15) is 0 Å². The molecule has 0 aromatic heterocycles. The summed E-state index contributed by atoms with van der Waals surface area (Å²) in [4.78, 5) is 0. The van der Waals surface area contributed by atoms with Gasteiger partial charge in [0, 0.05) is 7.26 Å². The Balaban J connectivity index is -0.000000327. The highest BCUT2D eigenvalue weighted by Gasteiger charge is 2.32. The molecule has 0 heterocycles. The van der Waals surface area contributed by atoms with Crippen LogP contribution in [0.3, 0.4) is 0 Å². The van der Waals surface area contributed by atoms with Crippen molar-refractivity contribution < 1.29 is 0 Å². The topological polar surface area (TPSA) is 0 Å². The zero-order valence-corrected chi connectivity index (χ0v) is 16.1. The molecule has 0 aromatic carbocycles. The summed E-state index contributed by atoms with van der Waals surface area (Å²) in [6.45, 7) is 9.46. The Kier molecular flexibility index (Phi) is 28.1. The van der Waals surface area contributed by atoms with Crippen molar-refractivity contribution in [2.24, 2.45) is 0 Å². The first kappa shape index (κ1) is 27.6. The minimum atomic E-state index is -0.527. The molecule has 0 saturated carbocycles. The largest absolute Gasteiger partial charge is 0.147 e. The van der Waals surface area contributed by atoms with Crippen molar-refractivity contribution in [1.29, 1.82) is 0 Å². The molecule has 0 unspecified atom stereocenters. The average Bonchev–Trinajstić information content (AvgIpc) is 2.29. The normalized spacial score (nSPS) is 10.0. The summed E-state index contributed by atoms with van der Waals surface area (Å²) < 4.78 is 0. The monoisotopic (exact) mass is 339 g/mol. The fraction of sp³-hybridized carbons (Fsp3) is 1.00. The molecule has 0 nitrogen and oxygen atoms in total. The Morgan fingerprint density at radius 1 is 0.556 bits per heavy atom. The minimum absolute atomic E-state index is 0. The van der Waals surface area contributed by atoms with Gasteiger partial charge in [-0.05, 0) is 26.2 Å². The highest BCUT2D eigenvalue weighted by Crippen LogP contribution is 2.60. The fourth-order valence-electron chi connectivity index (χ4n) is 2.29. The van der Waals surface area contributed by atoms with Crippen LogP contribution in [0.25, 0.3) is 0 Å². The Morgan fingerprint density at radius 3 is 1.00 bits per heavy atom. The van der Waals surface area contributed by atoms with Gasteiger partial charge in [-0.1, -0.05) is 40.0 Å². The van der Waals surface area contributed by atoms with E-state index in [1.165, 1.54) is 44.7 Å². The van der Waals surface area contributed by atoms with E-state index in [2.05, 4.69) is 27.7 Å². The number of unbranched alkanes of at least 4 members (excludes halogenated alkanes) is 3. The summed E-state index contributed by atoms with van der Waals surface area (Å²) in [6.07, 6.45) is 14.9. The summed E-state index contributed by atoms with van der Waals surface area (Å²) in [5, 5.41) is 0. The van der Waals surface area contributed by atoms with Crippen molar-refractivity contribution in [1.82, 2.24) is 0 Å². The van der Waals surface area contributed by atoms with Gasteiger partial charge in [-0.3, -0.25) is 0 Å². The predicted octanol–water partition coefficient (Wildman–Crippen LogP) is 6.69. The van der Waals surface area contributed by atoms with Gasteiger partial charge in [0.1, 0.15) is 0 Å². The number of hydrogen-bond donors (Lipinski definition) is 0. The molecule has 18 heavy (non-hydrogen) atoms. The van der Waals surface area contributed by atoms with Crippen molar-refractivity contribution in [3.8, 4) is 0 Å². The zero-order valence-electron chi connectivity index (χ0n) is 12.7. The van der Waals surface area contributed by atoms with Crippen molar-refractivity contribution in [3.05, 3.63) is 0 Å². The van der Waals surface area contributed by atoms with E-state index in [0.29, 0.717) is 0 Å². The van der Waals surface area contributed by atoms with Gasteiger partial charge >= 0.3 is 0 Å². The maximum absolute atomic E-state index is 2.45. The van der Waals surface area contributed by atoms with Crippen molar-refractivity contribution >= 4 is 44.5 Å². The van der Waals surface area contributed by atoms with Crippen LogP contribution in [0.4, 0.5) is 0 Å². The molecule has 0 aliphatic rings. The van der Waals surface area contributed by atoms with Crippen molar-refractivity contribution in [2.75, 3.05) is 24.6 Å². The number of hydrogen-bond acceptors (Lipinski definition) is 0. The van der Waals surface area contributed by atoms with Crippen molar-refractivity contribution in [2.45, 2.75) is 66.2 Å². The molecule has 116 valence electrons. The Morgan fingerprint density at radius 2 is 0.833 bits per heavy atom. The first-order valence-corrected chi connectivity index (χ1v) is 9.62. The van der Waals surface area contributed by atoms with Crippen LogP contribution in [0.15, 0.2) is 0 Å². The van der Waals surface area contributed by atoms with Gasteiger partial charge in [0.25, 0.3) is 0 Å². The molecule has 0 bridgehead atoms. The summed E-state index contributed by atoms with van der Waals surface area (Å²) in [6, 6.07) is 0. The maximum Gasteiger partial charge on any atom is 0.0594 e. The predicted molar refractivity (Wildman–Crippen MR) is 98.5 cm³/mol. The molecule has 0 N–H and O–H groups in total. The highest BCUT2D eigenvalue weighted by atomic mass is 35.5. The summed E-state index contributed by atoms with van der Waals surface area (Å²) in [7, 11) is -0.527. The van der Waals surface area contributed by atoms with Crippen LogP contribution < -0.4 is 0 Å². The van der Waals surface area contributed by atoms with Crippen LogP contribution in [-0.4, -0.2) is 24.6 Å². The first-order valence-electron chi connectivity index (χ1n) is 7.09. The van der Waals surface area contributed by atoms with Crippen LogP contribution in [0.5, 0.6) is 0 Å². The lowest BCUT2D eigenvalue weighted by molar-refractivity contribution is 0.834. The van der Waals surface area contributed by atoms with Gasteiger partial charge in [0.2, 0.25) is 0 Å². The molecule has 0 aliphatic carbocycles. The lowest BCUT2D eigenvalue weighted by Gasteiger charge is -2.26. The maximum atomic E-state index is 2.45. The van der Waals surface area contributed by atoms with E-state index in [-0.39, 0.29) is 37.2 Å². The van der Waals surface area contributed by atoms with Gasteiger partial charge in [-0.25, -0.2) is 0 Å². The fourth-order valence-corrected chi connectivity index (χ4v) is 6.87. The van der Waals surface area contributed by atoms with Crippen LogP contribution in [0.2, 0.25) is 0 Å². The first-order chi connectivity index (χ1) is 7.24. The smallest absolute Gasteiger partial charge is 0.0594 e. The zero-order chi connectivity index (χ0) is 11.6. The second kappa shape index (κ2) is 18.3. The molecule has 0 saturated heterocycles. The molecule has 0 amide bonds. The van der Waals surface area contributed by atoms with E-state index in [9.17, 15) is 0 Å². The number of halogens is 3. The second-order valence-electron chi connectivity index (χ2n) is 4.89.